The summed E-state index contributed by atoms with van der Waals surface area (Å²) in [4.78, 5) is 53.2. The number of nitrogens with one attached hydrogen (secondary N) is 2. The van der Waals surface area contributed by atoms with Gasteiger partial charge in [0.25, 0.3) is 0 Å². The Morgan fingerprint density at radius 3 is 2.50 bits per heavy atom. The van der Waals surface area contributed by atoms with Crippen LogP contribution < -0.4 is 26.0 Å². The van der Waals surface area contributed by atoms with E-state index in [1.807, 2.05) is 0 Å². The van der Waals surface area contributed by atoms with Crippen molar-refractivity contribution in [3.8, 4) is 5.75 Å². The van der Waals surface area contributed by atoms with Gasteiger partial charge in [0.15, 0.2) is 0 Å². The van der Waals surface area contributed by atoms with Crippen LogP contribution in [0.25, 0.3) is 0 Å². The largest absolute Gasteiger partial charge is 0.497 e. The summed E-state index contributed by atoms with van der Waals surface area (Å²) in [5.41, 5.74) is 5.58. The van der Waals surface area contributed by atoms with E-state index in [0.717, 1.165) is 4.90 Å². The SMILES string of the molecule is COc1ccc(N2C(=O)[C@H]3[C@H](CCC(N)=O)N[C@]4(C(=O)Nc5ccccc54)[C@@H]3C2=O)cc1. The first kappa shape index (κ1) is 20.2. The number of primary amides is 1. The van der Waals surface area contributed by atoms with Crippen molar-refractivity contribution in [1.82, 2.24) is 5.32 Å². The molecule has 4 atom stereocenters. The Kier molecular flexibility index (Phi) is 4.52. The van der Waals surface area contributed by atoms with Crippen LogP contribution in [-0.2, 0) is 24.7 Å². The average molecular weight is 434 g/mol. The van der Waals surface area contributed by atoms with E-state index < -0.39 is 41.1 Å². The minimum Gasteiger partial charge on any atom is -0.497 e. The topological polar surface area (TPSA) is 131 Å². The molecule has 164 valence electrons. The number of nitrogens with zero attached hydrogens (tertiary/aromatic N) is 1. The fraction of sp³-hybridized carbons (Fsp3) is 0.304. The number of amides is 4. The molecule has 5 rings (SSSR count). The Morgan fingerprint density at radius 2 is 1.81 bits per heavy atom. The highest BCUT2D eigenvalue weighted by Gasteiger charge is 2.70. The number of carbonyl (C=O) groups is 4. The average Bonchev–Trinajstić information content (AvgIpc) is 3.37. The van der Waals surface area contributed by atoms with Gasteiger partial charge in [-0.1, -0.05) is 18.2 Å². The quantitative estimate of drug-likeness (QED) is 0.599. The summed E-state index contributed by atoms with van der Waals surface area (Å²) in [5, 5.41) is 6.11. The molecular formula is C23H22N4O5. The monoisotopic (exact) mass is 434 g/mol. The van der Waals surface area contributed by atoms with Crippen molar-refractivity contribution < 1.29 is 23.9 Å². The highest BCUT2D eigenvalue weighted by Crippen LogP contribution is 2.54. The zero-order valence-corrected chi connectivity index (χ0v) is 17.3. The Morgan fingerprint density at radius 1 is 1.09 bits per heavy atom. The van der Waals surface area contributed by atoms with Gasteiger partial charge in [-0.05, 0) is 36.8 Å². The summed E-state index contributed by atoms with van der Waals surface area (Å²) in [7, 11) is 1.53. The van der Waals surface area contributed by atoms with Crippen molar-refractivity contribution in [2.75, 3.05) is 17.3 Å². The maximum absolute atomic E-state index is 13.7. The molecular weight excluding hydrogens is 412 g/mol. The predicted molar refractivity (Wildman–Crippen MR) is 115 cm³/mol. The number of hydrogen-bond donors (Lipinski definition) is 3. The summed E-state index contributed by atoms with van der Waals surface area (Å²) in [6, 6.07) is 13.2. The first-order valence-corrected chi connectivity index (χ1v) is 10.4. The number of hydrogen-bond acceptors (Lipinski definition) is 6. The summed E-state index contributed by atoms with van der Waals surface area (Å²) < 4.78 is 5.17. The third kappa shape index (κ3) is 2.67. The van der Waals surface area contributed by atoms with Crippen LogP contribution in [0.1, 0.15) is 18.4 Å². The van der Waals surface area contributed by atoms with Crippen molar-refractivity contribution >= 4 is 35.0 Å². The van der Waals surface area contributed by atoms with Gasteiger partial charge in [0.2, 0.25) is 23.6 Å². The minimum atomic E-state index is -1.39. The van der Waals surface area contributed by atoms with E-state index in [1.165, 1.54) is 7.11 Å². The first-order chi connectivity index (χ1) is 15.4. The van der Waals surface area contributed by atoms with Gasteiger partial charge in [0, 0.05) is 23.7 Å². The fourth-order valence-electron chi connectivity index (χ4n) is 5.29. The molecule has 4 amide bonds. The second-order valence-electron chi connectivity index (χ2n) is 8.28. The third-order valence-electron chi connectivity index (χ3n) is 6.65. The molecule has 2 aromatic carbocycles. The summed E-state index contributed by atoms with van der Waals surface area (Å²) in [6.07, 6.45) is 0.271. The molecule has 2 saturated heterocycles. The number of methoxy groups -OCH3 is 1. The Balaban J connectivity index is 1.61. The van der Waals surface area contributed by atoms with E-state index >= 15 is 0 Å². The molecule has 9 nitrogen and oxygen atoms in total. The Bertz CT molecular complexity index is 1150. The van der Waals surface area contributed by atoms with E-state index in [0.29, 0.717) is 22.7 Å². The minimum absolute atomic E-state index is 0.0320. The van der Waals surface area contributed by atoms with Crippen molar-refractivity contribution in [1.29, 1.82) is 0 Å². The molecule has 3 aliphatic rings. The summed E-state index contributed by atoms with van der Waals surface area (Å²) in [5.74, 6) is -2.90. The Hall–Kier alpha value is -3.72. The lowest BCUT2D eigenvalue weighted by Gasteiger charge is -2.29. The maximum atomic E-state index is 13.7. The van der Waals surface area contributed by atoms with Crippen LogP contribution in [-0.4, -0.2) is 36.8 Å². The molecule has 2 aromatic rings. The molecule has 0 aromatic heterocycles. The number of ether oxygens (including phenoxy) is 1. The van der Waals surface area contributed by atoms with E-state index in [2.05, 4.69) is 10.6 Å². The molecule has 0 unspecified atom stereocenters. The fourth-order valence-corrected chi connectivity index (χ4v) is 5.29. The molecule has 0 bridgehead atoms. The normalized spacial score (nSPS) is 28.1. The lowest BCUT2D eigenvalue weighted by Crippen LogP contribution is -2.53. The van der Waals surface area contributed by atoms with Crippen LogP contribution in [0.2, 0.25) is 0 Å². The number of anilines is 2. The molecule has 32 heavy (non-hydrogen) atoms. The smallest absolute Gasteiger partial charge is 0.250 e. The van der Waals surface area contributed by atoms with Crippen LogP contribution in [0, 0.1) is 11.8 Å². The molecule has 0 saturated carbocycles. The molecule has 0 aliphatic carbocycles. The van der Waals surface area contributed by atoms with E-state index in [1.54, 1.807) is 48.5 Å². The van der Waals surface area contributed by atoms with Gasteiger partial charge in [-0.2, -0.15) is 0 Å². The van der Waals surface area contributed by atoms with E-state index in [-0.39, 0.29) is 18.7 Å². The highest BCUT2D eigenvalue weighted by molar-refractivity contribution is 6.25. The van der Waals surface area contributed by atoms with Crippen molar-refractivity contribution in [2.24, 2.45) is 17.6 Å². The highest BCUT2D eigenvalue weighted by atomic mass is 16.5. The second kappa shape index (κ2) is 7.16. The number of benzene rings is 2. The molecule has 9 heteroatoms. The van der Waals surface area contributed by atoms with Gasteiger partial charge in [-0.3, -0.25) is 24.5 Å². The van der Waals surface area contributed by atoms with Crippen molar-refractivity contribution in [2.45, 2.75) is 24.4 Å². The summed E-state index contributed by atoms with van der Waals surface area (Å²) >= 11 is 0. The first-order valence-electron chi connectivity index (χ1n) is 10.4. The third-order valence-corrected chi connectivity index (χ3v) is 6.65. The predicted octanol–water partition coefficient (Wildman–Crippen LogP) is 0.886. The van der Waals surface area contributed by atoms with Gasteiger partial charge >= 0.3 is 0 Å². The summed E-state index contributed by atoms with van der Waals surface area (Å²) in [6.45, 7) is 0. The van der Waals surface area contributed by atoms with Crippen LogP contribution in [0.5, 0.6) is 5.75 Å². The number of imide groups is 1. The Labute approximate surface area is 183 Å². The second-order valence-corrected chi connectivity index (χ2v) is 8.28. The van der Waals surface area contributed by atoms with E-state index in [9.17, 15) is 19.2 Å². The van der Waals surface area contributed by atoms with Crippen LogP contribution in [0.4, 0.5) is 11.4 Å². The number of para-hydroxylation sites is 1. The van der Waals surface area contributed by atoms with Crippen LogP contribution in [0.3, 0.4) is 0 Å². The van der Waals surface area contributed by atoms with Crippen LogP contribution in [0.15, 0.2) is 48.5 Å². The maximum Gasteiger partial charge on any atom is 0.250 e. The standard InChI is InChI=1S/C23H22N4O5/c1-32-13-8-6-12(7-9-13)27-20(29)18-16(10-11-17(24)28)26-23(19(18)21(27)30)14-4-2-3-5-15(14)25-22(23)31/h2-9,16,18-19,26H,10-11H2,1H3,(H2,24,28)(H,25,31)/t16-,18-,19-,23-/m0/s1. The van der Waals surface area contributed by atoms with Gasteiger partial charge < -0.3 is 15.8 Å². The molecule has 3 aliphatic heterocycles. The molecule has 2 fully saturated rings. The molecule has 4 N–H and O–H groups in total. The van der Waals surface area contributed by atoms with Gasteiger partial charge in [-0.15, -0.1) is 0 Å². The lowest BCUT2D eigenvalue weighted by molar-refractivity contribution is -0.130. The van der Waals surface area contributed by atoms with Gasteiger partial charge in [0.05, 0.1) is 24.6 Å². The lowest BCUT2D eigenvalue weighted by atomic mass is 9.76. The van der Waals surface area contributed by atoms with Crippen molar-refractivity contribution in [3.05, 3.63) is 54.1 Å². The number of fused-ring (bicyclic) bond motifs is 4. The number of rotatable bonds is 5. The molecule has 3 heterocycles. The number of nitrogens with two attached hydrogens (primary N) is 1. The van der Waals surface area contributed by atoms with Crippen molar-refractivity contribution in [3.63, 3.8) is 0 Å². The van der Waals surface area contributed by atoms with E-state index in [4.69, 9.17) is 10.5 Å². The number of carbonyl (C=O) groups excluding carboxylic acids is 4. The molecule has 1 spiro atoms. The van der Waals surface area contributed by atoms with Crippen LogP contribution >= 0.6 is 0 Å². The zero-order chi connectivity index (χ0) is 22.6. The van der Waals surface area contributed by atoms with Gasteiger partial charge in [-0.25, -0.2) is 4.90 Å². The zero-order valence-electron chi connectivity index (χ0n) is 17.3. The van der Waals surface area contributed by atoms with Gasteiger partial charge in [0.1, 0.15) is 11.3 Å². The molecule has 0 radical (unpaired) electrons.